The lowest BCUT2D eigenvalue weighted by Crippen LogP contribution is -2.47. The summed E-state index contributed by atoms with van der Waals surface area (Å²) >= 11 is 0. The zero-order valence-corrected chi connectivity index (χ0v) is 16.7. The molecule has 1 aliphatic heterocycles. The molecule has 0 unspecified atom stereocenters. The van der Waals surface area contributed by atoms with Crippen LogP contribution in [0.3, 0.4) is 0 Å². The van der Waals surface area contributed by atoms with Gasteiger partial charge in [0.25, 0.3) is 0 Å². The molecule has 5 heteroatoms. The zero-order valence-electron chi connectivity index (χ0n) is 16.7. The third kappa shape index (κ3) is 5.48. The topological polar surface area (TPSA) is 49.9 Å². The van der Waals surface area contributed by atoms with Crippen LogP contribution in [-0.4, -0.2) is 47.0 Å². The second-order valence-electron chi connectivity index (χ2n) is 8.04. The van der Waals surface area contributed by atoms with Crippen molar-refractivity contribution >= 4 is 12.0 Å². The van der Waals surface area contributed by atoms with E-state index in [0.717, 1.165) is 12.8 Å². The van der Waals surface area contributed by atoms with E-state index in [1.54, 1.807) is 4.90 Å². The highest BCUT2D eigenvalue weighted by Gasteiger charge is 2.32. The highest BCUT2D eigenvalue weighted by atomic mass is 16.6. The highest BCUT2D eigenvalue weighted by Crippen LogP contribution is 2.22. The molecule has 1 aliphatic rings. The number of likely N-dealkylation sites (tertiary alicyclic amines) is 1. The van der Waals surface area contributed by atoms with Crippen molar-refractivity contribution in [1.82, 2.24) is 9.80 Å². The van der Waals surface area contributed by atoms with E-state index >= 15 is 0 Å². The number of benzene rings is 1. The largest absolute Gasteiger partial charge is 0.444 e. The summed E-state index contributed by atoms with van der Waals surface area (Å²) in [7, 11) is 0. The minimum Gasteiger partial charge on any atom is -0.444 e. The molecule has 0 radical (unpaired) electrons. The molecular formula is C21H32N2O3. The van der Waals surface area contributed by atoms with E-state index in [0.29, 0.717) is 26.2 Å². The minimum absolute atomic E-state index is 0.129. The van der Waals surface area contributed by atoms with Crippen LogP contribution in [0.1, 0.15) is 51.7 Å². The van der Waals surface area contributed by atoms with Gasteiger partial charge in [-0.05, 0) is 58.6 Å². The highest BCUT2D eigenvalue weighted by molar-refractivity contribution is 5.80. The normalized spacial score (nSPS) is 17.7. The van der Waals surface area contributed by atoms with Crippen molar-refractivity contribution < 1.29 is 14.3 Å². The Labute approximate surface area is 157 Å². The molecule has 1 fully saturated rings. The van der Waals surface area contributed by atoms with E-state index in [4.69, 9.17) is 4.74 Å². The molecule has 0 bridgehead atoms. The van der Waals surface area contributed by atoms with Crippen molar-refractivity contribution in [1.29, 1.82) is 0 Å². The molecule has 1 heterocycles. The van der Waals surface area contributed by atoms with Crippen LogP contribution >= 0.6 is 0 Å². The van der Waals surface area contributed by atoms with Crippen LogP contribution in [0, 0.1) is 12.8 Å². The maximum Gasteiger partial charge on any atom is 0.410 e. The molecule has 26 heavy (non-hydrogen) atoms. The lowest BCUT2D eigenvalue weighted by molar-refractivity contribution is -0.137. The van der Waals surface area contributed by atoms with Crippen molar-refractivity contribution in [3.63, 3.8) is 0 Å². The number of rotatable bonds is 4. The lowest BCUT2D eigenvalue weighted by Gasteiger charge is -2.35. The molecule has 1 saturated heterocycles. The molecule has 2 amide bonds. The number of carbonyl (C=O) groups is 2. The summed E-state index contributed by atoms with van der Waals surface area (Å²) in [6.45, 7) is 12.0. The first-order chi connectivity index (χ1) is 12.2. The number of nitrogens with zero attached hydrogens (tertiary/aromatic N) is 2. The Bertz CT molecular complexity index is 636. The van der Waals surface area contributed by atoms with Crippen LogP contribution in [0.4, 0.5) is 4.79 Å². The summed E-state index contributed by atoms with van der Waals surface area (Å²) < 4.78 is 5.47. The van der Waals surface area contributed by atoms with Gasteiger partial charge in [0.05, 0.1) is 5.92 Å². The molecule has 0 aliphatic carbocycles. The van der Waals surface area contributed by atoms with E-state index in [1.807, 2.05) is 44.7 Å². The number of ether oxygens (including phenoxy) is 1. The Kier molecular flexibility index (Phi) is 6.68. The van der Waals surface area contributed by atoms with Gasteiger partial charge >= 0.3 is 6.09 Å². The number of amides is 2. The van der Waals surface area contributed by atoms with Gasteiger partial charge in [0.1, 0.15) is 5.60 Å². The van der Waals surface area contributed by atoms with Crippen molar-refractivity contribution in [3.05, 3.63) is 35.4 Å². The maximum absolute atomic E-state index is 13.0. The fourth-order valence-corrected chi connectivity index (χ4v) is 3.27. The predicted molar refractivity (Wildman–Crippen MR) is 103 cm³/mol. The Hall–Kier alpha value is -2.04. The fraction of sp³-hybridized carbons (Fsp3) is 0.619. The van der Waals surface area contributed by atoms with Gasteiger partial charge in [-0.1, -0.05) is 24.3 Å². The van der Waals surface area contributed by atoms with Gasteiger partial charge in [-0.25, -0.2) is 4.79 Å². The summed E-state index contributed by atoms with van der Waals surface area (Å²) in [5, 5.41) is 0. The molecule has 2 rings (SSSR count). The van der Waals surface area contributed by atoms with Crippen LogP contribution in [0.15, 0.2) is 24.3 Å². The number of aryl methyl sites for hydroxylation is 1. The molecule has 1 aromatic rings. The first-order valence-electron chi connectivity index (χ1n) is 9.52. The predicted octanol–water partition coefficient (Wildman–Crippen LogP) is 3.99. The monoisotopic (exact) mass is 360 g/mol. The van der Waals surface area contributed by atoms with E-state index in [-0.39, 0.29) is 17.9 Å². The number of carbonyl (C=O) groups excluding carboxylic acids is 2. The molecule has 0 N–H and O–H groups in total. The molecular weight excluding hydrogens is 328 g/mol. The summed E-state index contributed by atoms with van der Waals surface area (Å²) in [6.07, 6.45) is 1.33. The maximum atomic E-state index is 13.0. The van der Waals surface area contributed by atoms with Crippen molar-refractivity contribution in [2.45, 2.75) is 59.6 Å². The van der Waals surface area contributed by atoms with E-state index < -0.39 is 5.60 Å². The van der Waals surface area contributed by atoms with Gasteiger partial charge in [-0.2, -0.15) is 0 Å². The van der Waals surface area contributed by atoms with E-state index in [1.165, 1.54) is 11.1 Å². The zero-order chi connectivity index (χ0) is 19.3. The van der Waals surface area contributed by atoms with Crippen LogP contribution in [0.5, 0.6) is 0 Å². The van der Waals surface area contributed by atoms with Gasteiger partial charge in [-0.3, -0.25) is 4.79 Å². The molecule has 144 valence electrons. The molecule has 0 saturated carbocycles. The molecule has 1 aromatic carbocycles. The second-order valence-corrected chi connectivity index (χ2v) is 8.04. The fourth-order valence-electron chi connectivity index (χ4n) is 3.27. The minimum atomic E-state index is -0.520. The summed E-state index contributed by atoms with van der Waals surface area (Å²) in [6, 6.07) is 8.15. The van der Waals surface area contributed by atoms with Gasteiger partial charge in [0.15, 0.2) is 0 Å². The molecule has 0 spiro atoms. The second kappa shape index (κ2) is 8.56. The first kappa shape index (κ1) is 20.3. The quantitative estimate of drug-likeness (QED) is 0.816. The Balaban J connectivity index is 2.02. The first-order valence-corrected chi connectivity index (χ1v) is 9.52. The Morgan fingerprint density at radius 2 is 1.96 bits per heavy atom. The van der Waals surface area contributed by atoms with E-state index in [2.05, 4.69) is 19.1 Å². The Morgan fingerprint density at radius 3 is 2.58 bits per heavy atom. The van der Waals surface area contributed by atoms with Crippen molar-refractivity contribution in [2.75, 3.05) is 19.6 Å². The summed E-state index contributed by atoms with van der Waals surface area (Å²) in [5.41, 5.74) is 1.84. The van der Waals surface area contributed by atoms with Gasteiger partial charge in [0, 0.05) is 26.2 Å². The summed E-state index contributed by atoms with van der Waals surface area (Å²) in [5.74, 6) is -0.0238. The van der Waals surface area contributed by atoms with Crippen LogP contribution in [0.2, 0.25) is 0 Å². The van der Waals surface area contributed by atoms with Crippen LogP contribution < -0.4 is 0 Å². The number of hydrogen-bond acceptors (Lipinski definition) is 3. The third-order valence-corrected chi connectivity index (χ3v) is 4.74. The lowest BCUT2D eigenvalue weighted by atomic mass is 9.96. The molecule has 0 aromatic heterocycles. The average molecular weight is 360 g/mol. The van der Waals surface area contributed by atoms with E-state index in [9.17, 15) is 9.59 Å². The summed E-state index contributed by atoms with van der Waals surface area (Å²) in [4.78, 5) is 29.0. The molecule has 5 nitrogen and oxygen atoms in total. The third-order valence-electron chi connectivity index (χ3n) is 4.74. The SMILES string of the molecule is CCN(Cc1ccccc1C)C(=O)[C@H]1CCCN(C(=O)OC(C)(C)C)C1. The van der Waals surface area contributed by atoms with Gasteiger partial charge in [0.2, 0.25) is 5.91 Å². The van der Waals surface area contributed by atoms with Crippen molar-refractivity contribution in [3.8, 4) is 0 Å². The Morgan fingerprint density at radius 1 is 1.27 bits per heavy atom. The van der Waals surface area contributed by atoms with Crippen LogP contribution in [0.25, 0.3) is 0 Å². The standard InChI is InChI=1S/C21H32N2O3/c1-6-22(14-17-11-8-7-10-16(17)2)19(24)18-12-9-13-23(15-18)20(25)26-21(3,4)5/h7-8,10-11,18H,6,9,12-15H2,1-5H3/t18-/m0/s1. The number of piperidine rings is 1. The average Bonchev–Trinajstić information content (AvgIpc) is 2.59. The smallest absolute Gasteiger partial charge is 0.410 e. The van der Waals surface area contributed by atoms with Crippen LogP contribution in [-0.2, 0) is 16.1 Å². The van der Waals surface area contributed by atoms with Crippen molar-refractivity contribution in [2.24, 2.45) is 5.92 Å². The van der Waals surface area contributed by atoms with Gasteiger partial charge < -0.3 is 14.5 Å². The number of hydrogen-bond donors (Lipinski definition) is 0. The van der Waals surface area contributed by atoms with Gasteiger partial charge in [-0.15, -0.1) is 0 Å². The molecule has 1 atom stereocenters.